The molecule has 3 aromatic carbocycles. The fourth-order valence-corrected chi connectivity index (χ4v) is 4.88. The van der Waals surface area contributed by atoms with Crippen molar-refractivity contribution in [2.75, 3.05) is 26.3 Å². The maximum absolute atomic E-state index is 13.8. The minimum Gasteiger partial charge on any atom is -0.507 e. The van der Waals surface area contributed by atoms with E-state index >= 15 is 0 Å². The highest BCUT2D eigenvalue weighted by Gasteiger charge is 2.20. The van der Waals surface area contributed by atoms with Crippen LogP contribution in [-0.4, -0.2) is 51.7 Å². The number of amides is 1. The molecule has 42 heavy (non-hydrogen) atoms. The summed E-state index contributed by atoms with van der Waals surface area (Å²) < 4.78 is 79.3. The van der Waals surface area contributed by atoms with Gasteiger partial charge in [0.15, 0.2) is 24.1 Å². The zero-order chi connectivity index (χ0) is 30.9. The summed E-state index contributed by atoms with van der Waals surface area (Å²) in [5.41, 5.74) is 0.607. The van der Waals surface area contributed by atoms with Crippen molar-refractivity contribution in [3.05, 3.63) is 77.1 Å². The Hall–Kier alpha value is -4.61. The largest absolute Gasteiger partial charge is 0.507 e. The first-order valence-corrected chi connectivity index (χ1v) is 14.0. The molecule has 1 amide bonds. The van der Waals surface area contributed by atoms with Gasteiger partial charge in [0.05, 0.1) is 24.7 Å². The lowest BCUT2D eigenvalue weighted by Gasteiger charge is -2.15. The summed E-state index contributed by atoms with van der Waals surface area (Å²) in [7, 11) is -4.23. The molecule has 3 aromatic rings. The zero-order valence-corrected chi connectivity index (χ0v) is 23.1. The van der Waals surface area contributed by atoms with Gasteiger partial charge < -0.3 is 19.9 Å². The number of ether oxygens (including phenoxy) is 2. The Bertz CT molecular complexity index is 1600. The van der Waals surface area contributed by atoms with Crippen LogP contribution in [0.4, 0.5) is 13.2 Å². The molecule has 222 valence electrons. The number of carbonyl (C=O) groups is 2. The monoisotopic (exact) mass is 605 g/mol. The molecule has 3 N–H and O–H groups in total. The SMILES string of the molecule is CCOC(=O)CCNC(=O)COc1cc(-c2cc(F)c(F)c(F)c2)ccc1CCNS(=O)(=O)c1cc(C#N)ccc1O. The van der Waals surface area contributed by atoms with Crippen LogP contribution >= 0.6 is 0 Å². The van der Waals surface area contributed by atoms with Crippen LogP contribution in [0.2, 0.25) is 0 Å². The van der Waals surface area contributed by atoms with Gasteiger partial charge in [-0.2, -0.15) is 5.26 Å². The number of nitriles is 1. The first kappa shape index (κ1) is 31.9. The molecule has 0 heterocycles. The topological polar surface area (TPSA) is 155 Å². The van der Waals surface area contributed by atoms with Crippen LogP contribution in [0.15, 0.2) is 53.4 Å². The molecule has 10 nitrogen and oxygen atoms in total. The first-order valence-electron chi connectivity index (χ1n) is 12.5. The van der Waals surface area contributed by atoms with Gasteiger partial charge >= 0.3 is 5.97 Å². The number of phenolic OH excluding ortho intramolecular Hbond substituents is 1. The van der Waals surface area contributed by atoms with E-state index in [4.69, 9.17) is 14.7 Å². The van der Waals surface area contributed by atoms with E-state index in [1.807, 2.05) is 0 Å². The van der Waals surface area contributed by atoms with Crippen LogP contribution in [0, 0.1) is 28.8 Å². The second-order valence-corrected chi connectivity index (χ2v) is 10.4. The molecule has 3 rings (SSSR count). The smallest absolute Gasteiger partial charge is 0.307 e. The summed E-state index contributed by atoms with van der Waals surface area (Å²) in [4.78, 5) is 23.2. The number of rotatable bonds is 13. The van der Waals surface area contributed by atoms with Gasteiger partial charge in [-0.05, 0) is 66.4 Å². The van der Waals surface area contributed by atoms with Gasteiger partial charge in [0, 0.05) is 13.1 Å². The van der Waals surface area contributed by atoms with E-state index in [-0.39, 0.29) is 55.0 Å². The van der Waals surface area contributed by atoms with Crippen LogP contribution < -0.4 is 14.8 Å². The third kappa shape index (κ3) is 8.45. The van der Waals surface area contributed by atoms with Gasteiger partial charge in [0.1, 0.15) is 16.4 Å². The number of halogens is 3. The van der Waals surface area contributed by atoms with E-state index in [2.05, 4.69) is 10.0 Å². The molecule has 0 bridgehead atoms. The number of benzene rings is 3. The fraction of sp³-hybridized carbons (Fsp3) is 0.250. The molecule has 14 heteroatoms. The second kappa shape index (κ2) is 14.3. The number of sulfonamides is 1. The van der Waals surface area contributed by atoms with Gasteiger partial charge in [-0.1, -0.05) is 12.1 Å². The molecule has 0 fully saturated rings. The van der Waals surface area contributed by atoms with E-state index in [1.165, 1.54) is 24.3 Å². The summed E-state index contributed by atoms with van der Waals surface area (Å²) >= 11 is 0. The number of nitrogens with zero attached hydrogens (tertiary/aromatic N) is 1. The molecule has 0 aliphatic carbocycles. The lowest BCUT2D eigenvalue weighted by atomic mass is 10.0. The molecular weight excluding hydrogens is 579 g/mol. The van der Waals surface area contributed by atoms with E-state index in [1.54, 1.807) is 13.0 Å². The van der Waals surface area contributed by atoms with Crippen molar-refractivity contribution in [2.45, 2.75) is 24.7 Å². The highest BCUT2D eigenvalue weighted by molar-refractivity contribution is 7.89. The number of esters is 1. The number of aromatic hydroxyl groups is 1. The predicted molar refractivity (Wildman–Crippen MR) is 143 cm³/mol. The van der Waals surface area contributed by atoms with Gasteiger partial charge in [-0.3, -0.25) is 9.59 Å². The quantitative estimate of drug-likeness (QED) is 0.198. The Labute approximate surface area is 239 Å². The fourth-order valence-electron chi connectivity index (χ4n) is 3.73. The summed E-state index contributed by atoms with van der Waals surface area (Å²) in [6, 6.07) is 11.0. The maximum atomic E-state index is 13.8. The van der Waals surface area contributed by atoms with Crippen LogP contribution in [-0.2, 0) is 30.8 Å². The highest BCUT2D eigenvalue weighted by Crippen LogP contribution is 2.30. The molecule has 0 saturated carbocycles. The van der Waals surface area contributed by atoms with Gasteiger partial charge in [-0.25, -0.2) is 26.3 Å². The highest BCUT2D eigenvalue weighted by atomic mass is 32.2. The Morgan fingerprint density at radius 2 is 1.71 bits per heavy atom. The second-order valence-electron chi connectivity index (χ2n) is 8.71. The van der Waals surface area contributed by atoms with Crippen LogP contribution in [0.25, 0.3) is 11.1 Å². The number of nitrogens with one attached hydrogen (secondary N) is 2. The van der Waals surface area contributed by atoms with Crippen molar-refractivity contribution in [3.63, 3.8) is 0 Å². The van der Waals surface area contributed by atoms with Crippen LogP contribution in [0.1, 0.15) is 24.5 Å². The Morgan fingerprint density at radius 3 is 2.38 bits per heavy atom. The zero-order valence-electron chi connectivity index (χ0n) is 22.2. The van der Waals surface area contributed by atoms with E-state index in [0.717, 1.165) is 24.3 Å². The van der Waals surface area contributed by atoms with Crippen LogP contribution in [0.3, 0.4) is 0 Å². The predicted octanol–water partition coefficient (Wildman–Crippen LogP) is 3.32. The average molecular weight is 606 g/mol. The van der Waals surface area contributed by atoms with Gasteiger partial charge in [0.25, 0.3) is 5.91 Å². The average Bonchev–Trinajstić information content (AvgIpc) is 2.95. The van der Waals surface area contributed by atoms with Crippen molar-refractivity contribution < 1.29 is 45.8 Å². The van der Waals surface area contributed by atoms with Crippen molar-refractivity contribution >= 4 is 21.9 Å². The standard InChI is InChI=1S/C28H26F3N3O7S/c1-2-40-27(37)8-9-33-26(36)16-41-24-14-19(20-12-21(29)28(31)22(30)13-20)5-4-18(24)7-10-34-42(38,39)25-11-17(15-32)3-6-23(25)35/h3-6,11-14,34-35H,2,7-10,16H2,1H3,(H,33,36). The molecule has 0 aliphatic heterocycles. The minimum absolute atomic E-state index is 0.00413. The summed E-state index contributed by atoms with van der Waals surface area (Å²) in [5.74, 6) is -6.03. The molecule has 0 radical (unpaired) electrons. The Morgan fingerprint density at radius 1 is 1.00 bits per heavy atom. The summed E-state index contributed by atoms with van der Waals surface area (Å²) in [6.45, 7) is 1.10. The summed E-state index contributed by atoms with van der Waals surface area (Å²) in [6.07, 6.45) is -0.0564. The normalized spacial score (nSPS) is 11.0. The van der Waals surface area contributed by atoms with E-state index < -0.39 is 56.6 Å². The van der Waals surface area contributed by atoms with E-state index in [9.17, 15) is 36.3 Å². The number of carbonyl (C=O) groups excluding carboxylic acids is 2. The van der Waals surface area contributed by atoms with Crippen molar-refractivity contribution in [1.82, 2.24) is 10.0 Å². The van der Waals surface area contributed by atoms with Crippen LogP contribution in [0.5, 0.6) is 11.5 Å². The van der Waals surface area contributed by atoms with Gasteiger partial charge in [0.2, 0.25) is 10.0 Å². The maximum Gasteiger partial charge on any atom is 0.307 e. The van der Waals surface area contributed by atoms with Crippen molar-refractivity contribution in [2.24, 2.45) is 0 Å². The third-order valence-corrected chi connectivity index (χ3v) is 7.25. The molecule has 0 aromatic heterocycles. The summed E-state index contributed by atoms with van der Waals surface area (Å²) in [5, 5.41) is 21.5. The van der Waals surface area contributed by atoms with E-state index in [0.29, 0.717) is 5.56 Å². The number of hydrogen-bond donors (Lipinski definition) is 3. The number of phenols is 1. The lowest BCUT2D eigenvalue weighted by Crippen LogP contribution is -2.31. The lowest BCUT2D eigenvalue weighted by molar-refractivity contribution is -0.143. The van der Waals surface area contributed by atoms with Gasteiger partial charge in [-0.15, -0.1) is 0 Å². The third-order valence-electron chi connectivity index (χ3n) is 5.76. The van der Waals surface area contributed by atoms with Crippen molar-refractivity contribution in [3.8, 4) is 28.7 Å². The number of hydrogen-bond acceptors (Lipinski definition) is 8. The molecule has 0 aliphatic rings. The molecular formula is C28H26F3N3O7S. The minimum atomic E-state index is -4.23. The Kier molecular flexibility index (Phi) is 10.9. The molecule has 0 spiro atoms. The van der Waals surface area contributed by atoms with Crippen molar-refractivity contribution in [1.29, 1.82) is 5.26 Å². The molecule has 0 saturated heterocycles. The Balaban J connectivity index is 1.79. The molecule has 0 unspecified atom stereocenters. The first-order chi connectivity index (χ1) is 19.9. The molecule has 0 atom stereocenters.